The largest absolute Gasteiger partial charge is 0.349 e. The lowest BCUT2D eigenvalue weighted by Crippen LogP contribution is -2.28. The van der Waals surface area contributed by atoms with Gasteiger partial charge in [-0.1, -0.05) is 37.3 Å². The van der Waals surface area contributed by atoms with E-state index in [1.807, 2.05) is 37.3 Å². The van der Waals surface area contributed by atoms with Gasteiger partial charge in [0.05, 0.1) is 0 Å². The van der Waals surface area contributed by atoms with Crippen LogP contribution in [-0.4, -0.2) is 26.3 Å². The van der Waals surface area contributed by atoms with Gasteiger partial charge >= 0.3 is 0 Å². The molecule has 1 rings (SSSR count). The van der Waals surface area contributed by atoms with E-state index in [4.69, 9.17) is 9.47 Å². The molecule has 0 heterocycles. The maximum absolute atomic E-state index is 11.9. The Morgan fingerprint density at radius 1 is 1.13 bits per heavy atom. The molecule has 1 atom stereocenters. The second kappa shape index (κ2) is 5.63. The Labute approximate surface area is 90.0 Å². The van der Waals surface area contributed by atoms with E-state index in [1.165, 1.54) is 14.2 Å². The fraction of sp³-hybridized carbons (Fsp3) is 0.417. The fourth-order valence-electron chi connectivity index (χ4n) is 1.44. The maximum Gasteiger partial charge on any atom is 0.217 e. The predicted molar refractivity (Wildman–Crippen MR) is 57.7 cm³/mol. The van der Waals surface area contributed by atoms with Gasteiger partial charge in [0, 0.05) is 20.1 Å². The third kappa shape index (κ3) is 2.88. The summed E-state index contributed by atoms with van der Waals surface area (Å²) in [6.07, 6.45) is -0.778. The summed E-state index contributed by atoms with van der Waals surface area (Å²) in [5.41, 5.74) is 0.974. The lowest BCUT2D eigenvalue weighted by Gasteiger charge is -2.17. The van der Waals surface area contributed by atoms with Gasteiger partial charge in [-0.15, -0.1) is 0 Å². The van der Waals surface area contributed by atoms with Crippen LogP contribution in [0.5, 0.6) is 0 Å². The molecule has 1 aromatic carbocycles. The van der Waals surface area contributed by atoms with Gasteiger partial charge in [-0.3, -0.25) is 4.79 Å². The number of ketones is 1. The van der Waals surface area contributed by atoms with Gasteiger partial charge in [-0.25, -0.2) is 0 Å². The molecule has 0 aliphatic rings. The number of Topliss-reactive ketones (excluding diaryl/α,β-unsaturated/α-hetero) is 1. The first-order valence-electron chi connectivity index (χ1n) is 4.85. The molecule has 0 saturated carbocycles. The zero-order valence-electron chi connectivity index (χ0n) is 9.27. The van der Waals surface area contributed by atoms with Crippen molar-refractivity contribution in [2.45, 2.75) is 19.1 Å². The molecular formula is C12H16O3. The smallest absolute Gasteiger partial charge is 0.217 e. The third-order valence-electron chi connectivity index (χ3n) is 2.39. The van der Waals surface area contributed by atoms with Crippen molar-refractivity contribution in [2.24, 2.45) is 0 Å². The van der Waals surface area contributed by atoms with Crippen LogP contribution in [0, 0.1) is 0 Å². The highest BCUT2D eigenvalue weighted by atomic mass is 16.7. The molecule has 0 radical (unpaired) electrons. The molecule has 0 saturated heterocycles. The van der Waals surface area contributed by atoms with Gasteiger partial charge in [0.1, 0.15) is 0 Å². The number of hydrogen-bond donors (Lipinski definition) is 0. The van der Waals surface area contributed by atoms with Gasteiger partial charge in [-0.05, 0) is 5.56 Å². The van der Waals surface area contributed by atoms with Crippen molar-refractivity contribution in [3.63, 3.8) is 0 Å². The highest BCUT2D eigenvalue weighted by molar-refractivity contribution is 5.88. The Bertz CT molecular complexity index is 304. The van der Waals surface area contributed by atoms with Gasteiger partial charge in [-0.2, -0.15) is 0 Å². The van der Waals surface area contributed by atoms with Crippen molar-refractivity contribution < 1.29 is 14.3 Å². The lowest BCUT2D eigenvalue weighted by atomic mass is 9.96. The maximum atomic E-state index is 11.9. The van der Waals surface area contributed by atoms with Crippen LogP contribution in [0.2, 0.25) is 0 Å². The summed E-state index contributed by atoms with van der Waals surface area (Å²) < 4.78 is 9.86. The third-order valence-corrected chi connectivity index (χ3v) is 2.39. The van der Waals surface area contributed by atoms with Crippen LogP contribution in [0.4, 0.5) is 0 Å². The molecule has 82 valence electrons. The minimum atomic E-state index is -0.778. The second-order valence-electron chi connectivity index (χ2n) is 3.34. The first-order chi connectivity index (χ1) is 7.20. The summed E-state index contributed by atoms with van der Waals surface area (Å²) in [6, 6.07) is 9.59. The van der Waals surface area contributed by atoms with Crippen LogP contribution in [0.3, 0.4) is 0 Å². The molecule has 3 heteroatoms. The number of ether oxygens (including phenoxy) is 2. The van der Waals surface area contributed by atoms with Crippen LogP contribution in [0.25, 0.3) is 0 Å². The van der Waals surface area contributed by atoms with Crippen molar-refractivity contribution in [1.29, 1.82) is 0 Å². The molecule has 3 nitrogen and oxygen atoms in total. The molecule has 1 unspecified atom stereocenters. The summed E-state index contributed by atoms with van der Waals surface area (Å²) >= 11 is 0. The highest BCUT2D eigenvalue weighted by Gasteiger charge is 2.24. The van der Waals surface area contributed by atoms with Crippen LogP contribution in [-0.2, 0) is 14.3 Å². The molecule has 0 amide bonds. The van der Waals surface area contributed by atoms with E-state index in [2.05, 4.69) is 0 Å². The molecular weight excluding hydrogens is 192 g/mol. The van der Waals surface area contributed by atoms with Gasteiger partial charge in [0.2, 0.25) is 6.29 Å². The summed E-state index contributed by atoms with van der Waals surface area (Å²) in [6.45, 7) is 1.85. The Hall–Kier alpha value is -1.19. The Morgan fingerprint density at radius 3 is 2.13 bits per heavy atom. The van der Waals surface area contributed by atoms with Crippen molar-refractivity contribution in [1.82, 2.24) is 0 Å². The molecule has 15 heavy (non-hydrogen) atoms. The fourth-order valence-corrected chi connectivity index (χ4v) is 1.44. The average molecular weight is 208 g/mol. The topological polar surface area (TPSA) is 35.5 Å². The SMILES string of the molecule is COC(OC)C(=O)C(C)c1ccccc1. The molecule has 0 spiro atoms. The molecule has 1 aromatic rings. The van der Waals surface area contributed by atoms with Gasteiger partial charge in [0.15, 0.2) is 5.78 Å². The minimum absolute atomic E-state index is 0.0637. The highest BCUT2D eigenvalue weighted by Crippen LogP contribution is 2.18. The lowest BCUT2D eigenvalue weighted by molar-refractivity contribution is -0.157. The minimum Gasteiger partial charge on any atom is -0.349 e. The van der Waals surface area contributed by atoms with E-state index in [0.29, 0.717) is 0 Å². The first-order valence-corrected chi connectivity index (χ1v) is 4.85. The molecule has 0 aliphatic heterocycles. The number of carbonyl (C=O) groups excluding carboxylic acids is 1. The zero-order valence-corrected chi connectivity index (χ0v) is 9.27. The Kier molecular flexibility index (Phi) is 4.46. The Morgan fingerprint density at radius 2 is 1.67 bits per heavy atom. The zero-order chi connectivity index (χ0) is 11.3. The quantitative estimate of drug-likeness (QED) is 0.694. The van der Waals surface area contributed by atoms with Crippen molar-refractivity contribution >= 4 is 5.78 Å². The number of hydrogen-bond acceptors (Lipinski definition) is 3. The van der Waals surface area contributed by atoms with Crippen LogP contribution >= 0.6 is 0 Å². The first kappa shape index (κ1) is 11.9. The number of rotatable bonds is 5. The summed E-state index contributed by atoms with van der Waals surface area (Å²) in [4.78, 5) is 11.9. The monoisotopic (exact) mass is 208 g/mol. The van der Waals surface area contributed by atoms with E-state index >= 15 is 0 Å². The van der Waals surface area contributed by atoms with Gasteiger partial charge < -0.3 is 9.47 Å². The van der Waals surface area contributed by atoms with E-state index < -0.39 is 6.29 Å². The molecule has 0 aromatic heterocycles. The summed E-state index contributed by atoms with van der Waals surface area (Å²) in [7, 11) is 2.92. The predicted octanol–water partition coefficient (Wildman–Crippen LogP) is 1.98. The average Bonchev–Trinajstić information content (AvgIpc) is 2.30. The van der Waals surface area contributed by atoms with Crippen molar-refractivity contribution in [3.05, 3.63) is 35.9 Å². The van der Waals surface area contributed by atoms with Crippen LogP contribution < -0.4 is 0 Å². The molecule has 0 fully saturated rings. The van der Waals surface area contributed by atoms with Crippen molar-refractivity contribution in [3.8, 4) is 0 Å². The second-order valence-corrected chi connectivity index (χ2v) is 3.34. The van der Waals surface area contributed by atoms with E-state index in [1.54, 1.807) is 0 Å². The molecule has 0 N–H and O–H groups in total. The van der Waals surface area contributed by atoms with E-state index in [9.17, 15) is 4.79 Å². The van der Waals surface area contributed by atoms with E-state index in [0.717, 1.165) is 5.56 Å². The summed E-state index contributed by atoms with van der Waals surface area (Å²) in [5, 5.41) is 0. The molecule has 0 aliphatic carbocycles. The van der Waals surface area contributed by atoms with Crippen molar-refractivity contribution in [2.75, 3.05) is 14.2 Å². The van der Waals surface area contributed by atoms with E-state index in [-0.39, 0.29) is 11.7 Å². The number of benzene rings is 1. The number of methoxy groups -OCH3 is 2. The van der Waals surface area contributed by atoms with Crippen LogP contribution in [0.1, 0.15) is 18.4 Å². The molecule has 0 bridgehead atoms. The number of carbonyl (C=O) groups is 1. The van der Waals surface area contributed by atoms with Gasteiger partial charge in [0.25, 0.3) is 0 Å². The Balaban J connectivity index is 2.76. The summed E-state index contributed by atoms with van der Waals surface area (Å²) in [5.74, 6) is -0.276. The normalized spacial score (nSPS) is 12.8. The van der Waals surface area contributed by atoms with Crippen LogP contribution in [0.15, 0.2) is 30.3 Å². The standard InChI is InChI=1S/C12H16O3/c1-9(10-7-5-4-6-8-10)11(13)12(14-2)15-3/h4-9,12H,1-3H3.